The van der Waals surface area contributed by atoms with Crippen molar-refractivity contribution in [1.29, 1.82) is 0 Å². The second-order valence-corrected chi connectivity index (χ2v) is 5.22. The van der Waals surface area contributed by atoms with Crippen molar-refractivity contribution in [2.24, 2.45) is 5.92 Å². The van der Waals surface area contributed by atoms with Gasteiger partial charge in [-0.2, -0.15) is 13.2 Å². The molecule has 0 spiro atoms. The Morgan fingerprint density at radius 3 is 2.52 bits per heavy atom. The number of amides is 1. The van der Waals surface area contributed by atoms with Crippen molar-refractivity contribution in [3.63, 3.8) is 0 Å². The monoisotopic (exact) mass is 301 g/mol. The average molecular weight is 301 g/mol. The van der Waals surface area contributed by atoms with E-state index in [4.69, 9.17) is 0 Å². The van der Waals surface area contributed by atoms with Gasteiger partial charge in [0, 0.05) is 19.3 Å². The third-order valence-electron chi connectivity index (χ3n) is 3.70. The van der Waals surface area contributed by atoms with Gasteiger partial charge in [-0.15, -0.1) is 0 Å². The number of rotatable bonds is 3. The lowest BCUT2D eigenvalue weighted by molar-refractivity contribution is -0.137. The Balaban J connectivity index is 1.98. The molecule has 0 unspecified atom stereocenters. The van der Waals surface area contributed by atoms with Gasteiger partial charge in [-0.3, -0.25) is 9.78 Å². The zero-order valence-electron chi connectivity index (χ0n) is 11.8. The van der Waals surface area contributed by atoms with Crippen molar-refractivity contribution in [1.82, 2.24) is 15.2 Å². The van der Waals surface area contributed by atoms with Gasteiger partial charge in [0.2, 0.25) is 0 Å². The predicted molar refractivity (Wildman–Crippen MR) is 71.8 cm³/mol. The Labute approximate surface area is 121 Å². The number of likely N-dealkylation sites (tertiary alicyclic amines) is 1. The summed E-state index contributed by atoms with van der Waals surface area (Å²) in [7, 11) is 1.89. The minimum absolute atomic E-state index is 0.0649. The number of carbonyl (C=O) groups excluding carboxylic acids is 1. The van der Waals surface area contributed by atoms with E-state index in [2.05, 4.69) is 10.3 Å². The Morgan fingerprint density at radius 1 is 1.38 bits per heavy atom. The fourth-order valence-corrected chi connectivity index (χ4v) is 2.48. The van der Waals surface area contributed by atoms with E-state index in [0.717, 1.165) is 31.5 Å². The van der Waals surface area contributed by atoms with Crippen molar-refractivity contribution < 1.29 is 18.0 Å². The Bertz CT molecular complexity index is 479. The zero-order chi connectivity index (χ0) is 15.5. The number of hydrogen-bond donors (Lipinski definition) is 1. The molecule has 0 radical (unpaired) electrons. The number of piperidine rings is 1. The normalized spacial score (nSPS) is 17.0. The van der Waals surface area contributed by atoms with E-state index >= 15 is 0 Å². The highest BCUT2D eigenvalue weighted by molar-refractivity contribution is 5.92. The fraction of sp³-hybridized carbons (Fsp3) is 0.571. The van der Waals surface area contributed by atoms with Gasteiger partial charge in [0.25, 0.3) is 5.91 Å². The molecule has 0 atom stereocenters. The third-order valence-corrected chi connectivity index (χ3v) is 3.70. The first-order chi connectivity index (χ1) is 9.91. The maximum Gasteiger partial charge on any atom is 0.417 e. The summed E-state index contributed by atoms with van der Waals surface area (Å²) in [6, 6.07) is 2.04. The molecule has 2 rings (SSSR count). The number of hydrogen-bond acceptors (Lipinski definition) is 3. The van der Waals surface area contributed by atoms with Crippen LogP contribution in [0.2, 0.25) is 0 Å². The molecule has 1 aromatic rings. The molecule has 2 heterocycles. The maximum atomic E-state index is 12.4. The standard InChI is InChI=1S/C14H18F3N3O/c1-18-8-10-4-6-20(7-5-10)13(21)12-3-2-11(9-19-12)14(15,16)17/h2-3,9-10,18H,4-8H2,1H3. The molecule has 0 bridgehead atoms. The van der Waals surface area contributed by atoms with E-state index in [1.165, 1.54) is 0 Å². The molecule has 1 aliphatic heterocycles. The number of halogens is 3. The second-order valence-electron chi connectivity index (χ2n) is 5.22. The van der Waals surface area contributed by atoms with E-state index in [9.17, 15) is 18.0 Å². The van der Waals surface area contributed by atoms with Crippen LogP contribution in [0.3, 0.4) is 0 Å². The lowest BCUT2D eigenvalue weighted by Gasteiger charge is -2.31. The first-order valence-corrected chi connectivity index (χ1v) is 6.89. The molecule has 1 saturated heterocycles. The molecule has 0 aromatic carbocycles. The lowest BCUT2D eigenvalue weighted by atomic mass is 9.96. The van der Waals surface area contributed by atoms with E-state index in [1.54, 1.807) is 4.90 Å². The van der Waals surface area contributed by atoms with E-state index in [1.807, 2.05) is 7.05 Å². The molecular formula is C14H18F3N3O. The van der Waals surface area contributed by atoms with Gasteiger partial charge < -0.3 is 10.2 Å². The molecule has 4 nitrogen and oxygen atoms in total. The van der Waals surface area contributed by atoms with Crippen LogP contribution in [0.5, 0.6) is 0 Å². The number of alkyl halides is 3. The molecule has 0 saturated carbocycles. The smallest absolute Gasteiger partial charge is 0.337 e. The minimum atomic E-state index is -4.43. The molecule has 1 amide bonds. The van der Waals surface area contributed by atoms with Crippen LogP contribution in [0, 0.1) is 5.92 Å². The Morgan fingerprint density at radius 2 is 2.05 bits per heavy atom. The van der Waals surface area contributed by atoms with Gasteiger partial charge in [-0.25, -0.2) is 0 Å². The molecule has 0 aliphatic carbocycles. The number of carbonyl (C=O) groups is 1. The summed E-state index contributed by atoms with van der Waals surface area (Å²) in [5, 5.41) is 3.11. The largest absolute Gasteiger partial charge is 0.417 e. The number of pyridine rings is 1. The quantitative estimate of drug-likeness (QED) is 0.930. The molecule has 1 aliphatic rings. The van der Waals surface area contributed by atoms with Gasteiger partial charge >= 0.3 is 6.18 Å². The van der Waals surface area contributed by atoms with Gasteiger partial charge in [0.05, 0.1) is 5.56 Å². The first kappa shape index (κ1) is 15.8. The third kappa shape index (κ3) is 3.93. The van der Waals surface area contributed by atoms with Gasteiger partial charge in [0.1, 0.15) is 5.69 Å². The summed E-state index contributed by atoms with van der Waals surface area (Å²) in [5.74, 6) is 0.242. The van der Waals surface area contributed by atoms with Crippen LogP contribution >= 0.6 is 0 Å². The lowest BCUT2D eigenvalue weighted by Crippen LogP contribution is -2.40. The average Bonchev–Trinajstić information content (AvgIpc) is 2.47. The van der Waals surface area contributed by atoms with Crippen molar-refractivity contribution in [2.75, 3.05) is 26.7 Å². The van der Waals surface area contributed by atoms with Gasteiger partial charge in [-0.05, 0) is 44.5 Å². The maximum absolute atomic E-state index is 12.4. The highest BCUT2D eigenvalue weighted by atomic mass is 19.4. The highest BCUT2D eigenvalue weighted by Crippen LogP contribution is 2.28. The summed E-state index contributed by atoms with van der Waals surface area (Å²) in [6.07, 6.45) is -1.93. The first-order valence-electron chi connectivity index (χ1n) is 6.89. The topological polar surface area (TPSA) is 45.2 Å². The number of nitrogens with one attached hydrogen (secondary N) is 1. The van der Waals surface area contributed by atoms with Crippen LogP contribution in [-0.2, 0) is 6.18 Å². The van der Waals surface area contributed by atoms with Crippen LogP contribution < -0.4 is 5.32 Å². The summed E-state index contributed by atoms with van der Waals surface area (Å²) in [5.41, 5.74) is -0.776. The van der Waals surface area contributed by atoms with Crippen LogP contribution in [-0.4, -0.2) is 42.5 Å². The van der Waals surface area contributed by atoms with Crippen molar-refractivity contribution in [3.05, 3.63) is 29.6 Å². The Kier molecular flexibility index (Phi) is 4.82. The highest BCUT2D eigenvalue weighted by Gasteiger charge is 2.31. The van der Waals surface area contributed by atoms with E-state index < -0.39 is 11.7 Å². The molecular weight excluding hydrogens is 283 g/mol. The molecule has 1 N–H and O–H groups in total. The summed E-state index contributed by atoms with van der Waals surface area (Å²) in [4.78, 5) is 17.5. The van der Waals surface area contributed by atoms with Crippen LogP contribution in [0.1, 0.15) is 28.9 Å². The summed E-state index contributed by atoms with van der Waals surface area (Å²) in [6.45, 7) is 2.16. The molecule has 1 aromatic heterocycles. The number of nitrogens with zero attached hydrogens (tertiary/aromatic N) is 2. The molecule has 1 fully saturated rings. The van der Waals surface area contributed by atoms with Crippen LogP contribution in [0.4, 0.5) is 13.2 Å². The van der Waals surface area contributed by atoms with Crippen molar-refractivity contribution in [2.45, 2.75) is 19.0 Å². The number of aromatic nitrogens is 1. The fourth-order valence-electron chi connectivity index (χ4n) is 2.48. The van der Waals surface area contributed by atoms with Crippen molar-refractivity contribution >= 4 is 5.91 Å². The van der Waals surface area contributed by atoms with Crippen molar-refractivity contribution in [3.8, 4) is 0 Å². The minimum Gasteiger partial charge on any atom is -0.337 e. The van der Waals surface area contributed by atoms with Crippen LogP contribution in [0.25, 0.3) is 0 Å². The van der Waals surface area contributed by atoms with E-state index in [-0.39, 0.29) is 11.6 Å². The Hall–Kier alpha value is -1.63. The molecule has 21 heavy (non-hydrogen) atoms. The predicted octanol–water partition coefficient (Wildman–Crippen LogP) is 2.17. The van der Waals surface area contributed by atoms with Crippen LogP contribution in [0.15, 0.2) is 18.3 Å². The molecule has 116 valence electrons. The zero-order valence-corrected chi connectivity index (χ0v) is 11.8. The van der Waals surface area contributed by atoms with E-state index in [0.29, 0.717) is 25.2 Å². The molecule has 7 heteroatoms. The summed E-state index contributed by atoms with van der Waals surface area (Å²) < 4.78 is 37.3. The van der Waals surface area contributed by atoms with Gasteiger partial charge in [-0.1, -0.05) is 0 Å². The van der Waals surface area contributed by atoms with Gasteiger partial charge in [0.15, 0.2) is 0 Å². The summed E-state index contributed by atoms with van der Waals surface area (Å²) >= 11 is 0. The SMILES string of the molecule is CNCC1CCN(C(=O)c2ccc(C(F)(F)F)cn2)CC1. The second kappa shape index (κ2) is 6.43.